The largest absolute Gasteiger partial charge is 0.311 e. The molecule has 0 radical (unpaired) electrons. The van der Waals surface area contributed by atoms with E-state index in [2.05, 4.69) is 31.0 Å². The van der Waals surface area contributed by atoms with Crippen LogP contribution in [-0.4, -0.2) is 36.1 Å². The molecule has 1 heterocycles. The van der Waals surface area contributed by atoms with Gasteiger partial charge in [0, 0.05) is 31.2 Å². The molecule has 0 bridgehead atoms. The van der Waals surface area contributed by atoms with Crippen LogP contribution in [-0.2, 0) is 0 Å². The van der Waals surface area contributed by atoms with Crippen molar-refractivity contribution in [1.82, 2.24) is 10.2 Å². The van der Waals surface area contributed by atoms with E-state index in [1.165, 1.54) is 38.8 Å². The molecule has 0 aromatic rings. The Balaban J connectivity index is 1.94. The van der Waals surface area contributed by atoms with Gasteiger partial charge < -0.3 is 5.32 Å². The highest BCUT2D eigenvalue weighted by atomic mass is 15.2. The van der Waals surface area contributed by atoms with E-state index in [-0.39, 0.29) is 0 Å². The molecule has 2 heteroatoms. The topological polar surface area (TPSA) is 15.3 Å². The van der Waals surface area contributed by atoms with Crippen molar-refractivity contribution in [2.75, 3.05) is 13.1 Å². The predicted octanol–water partition coefficient (Wildman–Crippen LogP) is 2.25. The average Bonchev–Trinajstić information content (AvgIpc) is 2.22. The Bertz CT molecular complexity index is 205. The summed E-state index contributed by atoms with van der Waals surface area (Å²) in [6, 6.07) is 2.28. The summed E-state index contributed by atoms with van der Waals surface area (Å²) >= 11 is 0. The Labute approximate surface area is 94.4 Å². The lowest BCUT2D eigenvalue weighted by molar-refractivity contribution is 0.0621. The minimum absolute atomic E-state index is 0.679. The third-order valence-electron chi connectivity index (χ3n) is 4.19. The van der Waals surface area contributed by atoms with E-state index in [0.717, 1.165) is 18.0 Å². The highest BCUT2D eigenvalue weighted by Gasteiger charge is 2.31. The summed E-state index contributed by atoms with van der Waals surface area (Å²) in [5.41, 5.74) is 0. The van der Waals surface area contributed by atoms with Gasteiger partial charge in [0.25, 0.3) is 0 Å². The van der Waals surface area contributed by atoms with Crippen LogP contribution >= 0.6 is 0 Å². The molecule has 1 aliphatic heterocycles. The SMILES string of the molecule is CC1CCCC(N2CC(C)NCC2C)C1. The molecule has 88 valence electrons. The molecule has 1 saturated carbocycles. The number of hydrogen-bond acceptors (Lipinski definition) is 2. The molecule has 0 aromatic carbocycles. The van der Waals surface area contributed by atoms with Crippen molar-refractivity contribution in [2.45, 2.75) is 64.6 Å². The van der Waals surface area contributed by atoms with Crippen molar-refractivity contribution in [3.63, 3.8) is 0 Å². The molecule has 1 N–H and O–H groups in total. The first kappa shape index (κ1) is 11.4. The zero-order chi connectivity index (χ0) is 10.8. The molecule has 2 rings (SSSR count). The third kappa shape index (κ3) is 2.73. The Morgan fingerprint density at radius 2 is 1.93 bits per heavy atom. The standard InChI is InChI=1S/C13H26N2/c1-10-5-4-6-13(7-10)15-9-11(2)14-8-12(15)3/h10-14H,4-9H2,1-3H3. The van der Waals surface area contributed by atoms with Gasteiger partial charge in [-0.25, -0.2) is 0 Å². The number of nitrogens with zero attached hydrogens (tertiary/aromatic N) is 1. The average molecular weight is 210 g/mol. The van der Waals surface area contributed by atoms with E-state index < -0.39 is 0 Å². The molecule has 2 aliphatic rings. The quantitative estimate of drug-likeness (QED) is 0.714. The molecule has 0 spiro atoms. The van der Waals surface area contributed by atoms with Crippen molar-refractivity contribution in [3.05, 3.63) is 0 Å². The first-order valence-electron chi connectivity index (χ1n) is 6.66. The van der Waals surface area contributed by atoms with E-state index in [9.17, 15) is 0 Å². The Morgan fingerprint density at radius 1 is 1.13 bits per heavy atom. The zero-order valence-corrected chi connectivity index (χ0v) is 10.5. The van der Waals surface area contributed by atoms with Crippen molar-refractivity contribution in [3.8, 4) is 0 Å². The Morgan fingerprint density at radius 3 is 2.67 bits per heavy atom. The van der Waals surface area contributed by atoms with Gasteiger partial charge in [0.2, 0.25) is 0 Å². The van der Waals surface area contributed by atoms with Gasteiger partial charge in [0.05, 0.1) is 0 Å². The molecular weight excluding hydrogens is 184 g/mol. The fraction of sp³-hybridized carbons (Fsp3) is 1.00. The number of hydrogen-bond donors (Lipinski definition) is 1. The van der Waals surface area contributed by atoms with E-state index in [1.54, 1.807) is 0 Å². The van der Waals surface area contributed by atoms with Crippen molar-refractivity contribution in [2.24, 2.45) is 5.92 Å². The molecule has 4 unspecified atom stereocenters. The lowest BCUT2D eigenvalue weighted by atomic mass is 9.85. The predicted molar refractivity (Wildman–Crippen MR) is 65.1 cm³/mol. The van der Waals surface area contributed by atoms with Crippen LogP contribution < -0.4 is 5.32 Å². The normalized spacial score (nSPS) is 44.2. The molecule has 4 atom stereocenters. The summed E-state index contributed by atoms with van der Waals surface area (Å²) in [7, 11) is 0. The van der Waals surface area contributed by atoms with Gasteiger partial charge in [-0.15, -0.1) is 0 Å². The smallest absolute Gasteiger partial charge is 0.0196 e. The second kappa shape index (κ2) is 4.84. The Hall–Kier alpha value is -0.0800. The van der Waals surface area contributed by atoms with Crippen LogP contribution in [0.15, 0.2) is 0 Å². The van der Waals surface area contributed by atoms with E-state index in [4.69, 9.17) is 0 Å². The van der Waals surface area contributed by atoms with Crippen molar-refractivity contribution < 1.29 is 0 Å². The van der Waals surface area contributed by atoms with Gasteiger partial charge in [-0.2, -0.15) is 0 Å². The lowest BCUT2D eigenvalue weighted by Gasteiger charge is -2.45. The number of rotatable bonds is 1. The zero-order valence-electron chi connectivity index (χ0n) is 10.5. The summed E-state index contributed by atoms with van der Waals surface area (Å²) in [5.74, 6) is 0.946. The van der Waals surface area contributed by atoms with Crippen LogP contribution in [0.2, 0.25) is 0 Å². The molecule has 0 aromatic heterocycles. The summed E-state index contributed by atoms with van der Waals surface area (Å²) < 4.78 is 0. The summed E-state index contributed by atoms with van der Waals surface area (Å²) in [5, 5.41) is 3.57. The molecule has 1 saturated heterocycles. The second-order valence-electron chi connectivity index (χ2n) is 5.78. The Kier molecular flexibility index (Phi) is 3.68. The van der Waals surface area contributed by atoms with Gasteiger partial charge in [-0.05, 0) is 32.6 Å². The molecule has 2 fully saturated rings. The van der Waals surface area contributed by atoms with Crippen LogP contribution in [0.5, 0.6) is 0 Å². The summed E-state index contributed by atoms with van der Waals surface area (Å²) in [4.78, 5) is 2.76. The highest BCUT2D eigenvalue weighted by molar-refractivity contribution is 4.88. The maximum atomic E-state index is 3.57. The van der Waals surface area contributed by atoms with Crippen molar-refractivity contribution in [1.29, 1.82) is 0 Å². The molecule has 1 aliphatic carbocycles. The van der Waals surface area contributed by atoms with Crippen LogP contribution in [0.3, 0.4) is 0 Å². The summed E-state index contributed by atoms with van der Waals surface area (Å²) in [6.45, 7) is 9.52. The van der Waals surface area contributed by atoms with Gasteiger partial charge in [0.1, 0.15) is 0 Å². The van der Waals surface area contributed by atoms with Gasteiger partial charge in [-0.1, -0.05) is 19.8 Å². The first-order valence-corrected chi connectivity index (χ1v) is 6.66. The second-order valence-corrected chi connectivity index (χ2v) is 5.78. The van der Waals surface area contributed by atoms with Gasteiger partial charge in [0.15, 0.2) is 0 Å². The molecule has 2 nitrogen and oxygen atoms in total. The number of piperazine rings is 1. The monoisotopic (exact) mass is 210 g/mol. The minimum atomic E-state index is 0.679. The minimum Gasteiger partial charge on any atom is -0.311 e. The third-order valence-corrected chi connectivity index (χ3v) is 4.19. The van der Waals surface area contributed by atoms with E-state index in [1.807, 2.05) is 0 Å². The van der Waals surface area contributed by atoms with Crippen LogP contribution in [0, 0.1) is 5.92 Å². The van der Waals surface area contributed by atoms with Crippen LogP contribution in [0.4, 0.5) is 0 Å². The fourth-order valence-electron chi connectivity index (χ4n) is 3.26. The highest BCUT2D eigenvalue weighted by Crippen LogP contribution is 2.29. The van der Waals surface area contributed by atoms with Gasteiger partial charge in [-0.3, -0.25) is 4.90 Å². The molecule has 15 heavy (non-hydrogen) atoms. The van der Waals surface area contributed by atoms with E-state index in [0.29, 0.717) is 6.04 Å². The fourth-order valence-corrected chi connectivity index (χ4v) is 3.26. The lowest BCUT2D eigenvalue weighted by Crippen LogP contribution is -2.58. The van der Waals surface area contributed by atoms with Crippen LogP contribution in [0.1, 0.15) is 46.5 Å². The van der Waals surface area contributed by atoms with Crippen LogP contribution in [0.25, 0.3) is 0 Å². The van der Waals surface area contributed by atoms with E-state index >= 15 is 0 Å². The maximum absolute atomic E-state index is 3.57. The number of nitrogens with one attached hydrogen (secondary N) is 1. The summed E-state index contributed by atoms with van der Waals surface area (Å²) in [6.07, 6.45) is 5.75. The maximum Gasteiger partial charge on any atom is 0.0196 e. The van der Waals surface area contributed by atoms with Crippen molar-refractivity contribution >= 4 is 0 Å². The molecule has 0 amide bonds. The first-order chi connectivity index (χ1) is 7.16. The van der Waals surface area contributed by atoms with Gasteiger partial charge >= 0.3 is 0 Å². The molecular formula is C13H26N2.